The van der Waals surface area contributed by atoms with Crippen molar-refractivity contribution >= 4 is 11.9 Å². The third-order valence-electron chi connectivity index (χ3n) is 5.69. The number of carbonyl (C=O) groups is 2. The van der Waals surface area contributed by atoms with Gasteiger partial charge >= 0.3 is 11.9 Å². The number of aliphatic hydroxyl groups is 1. The van der Waals surface area contributed by atoms with Gasteiger partial charge < -0.3 is 14.9 Å². The summed E-state index contributed by atoms with van der Waals surface area (Å²) in [7, 11) is 0. The van der Waals surface area contributed by atoms with E-state index in [4.69, 9.17) is 9.84 Å². The highest BCUT2D eigenvalue weighted by Crippen LogP contribution is 2.36. The molecule has 0 amide bonds. The number of hydrogen-bond donors (Lipinski definition) is 2. The third kappa shape index (κ3) is 13.1. The Morgan fingerprint density at radius 1 is 1.13 bits per heavy atom. The van der Waals surface area contributed by atoms with Crippen molar-refractivity contribution in [3.05, 3.63) is 24.3 Å². The van der Waals surface area contributed by atoms with Crippen LogP contribution in [0.25, 0.3) is 0 Å². The number of aliphatic carboxylic acids is 1. The van der Waals surface area contributed by atoms with E-state index in [2.05, 4.69) is 24.8 Å². The average Bonchev–Trinajstić information content (AvgIpc) is 2.73. The summed E-state index contributed by atoms with van der Waals surface area (Å²) in [5.74, 6) is 5.50. The third-order valence-corrected chi connectivity index (χ3v) is 5.69. The monoisotopic (exact) mass is 432 g/mol. The molecule has 0 saturated heterocycles. The molecule has 1 aliphatic rings. The summed E-state index contributed by atoms with van der Waals surface area (Å²) in [4.78, 5) is 22.4. The Labute approximate surface area is 188 Å². The van der Waals surface area contributed by atoms with Gasteiger partial charge in [0.2, 0.25) is 0 Å². The molecule has 1 aliphatic carbocycles. The van der Waals surface area contributed by atoms with Crippen LogP contribution in [0.15, 0.2) is 24.3 Å². The molecule has 2 N–H and O–H groups in total. The highest BCUT2D eigenvalue weighted by Gasteiger charge is 2.32. The number of unbranched alkanes of at least 4 members (excludes halogenated alkanes) is 3. The minimum Gasteiger partial charge on any atom is -0.481 e. The number of carboxylic acid groups (broad SMARTS) is 1. The zero-order chi connectivity index (χ0) is 22.9. The first kappa shape index (κ1) is 27.0. The summed E-state index contributed by atoms with van der Waals surface area (Å²) in [6, 6.07) is 0. The summed E-state index contributed by atoms with van der Waals surface area (Å²) in [5, 5.41) is 18.9. The van der Waals surface area contributed by atoms with Gasteiger partial charge in [-0.1, -0.05) is 56.9 Å². The molecule has 4 unspecified atom stereocenters. The second kappa shape index (κ2) is 16.6. The Morgan fingerprint density at radius 2 is 1.90 bits per heavy atom. The van der Waals surface area contributed by atoms with E-state index in [9.17, 15) is 14.7 Å². The lowest BCUT2D eigenvalue weighted by molar-refractivity contribution is -0.151. The van der Waals surface area contributed by atoms with Crippen LogP contribution in [0.3, 0.4) is 0 Å². The van der Waals surface area contributed by atoms with Crippen LogP contribution >= 0.6 is 0 Å². The van der Waals surface area contributed by atoms with Crippen molar-refractivity contribution in [2.45, 2.75) is 103 Å². The molecule has 5 heteroatoms. The van der Waals surface area contributed by atoms with E-state index in [1.54, 1.807) is 6.08 Å². The molecule has 1 rings (SSSR count). The summed E-state index contributed by atoms with van der Waals surface area (Å²) in [5.41, 5.74) is 0. The Balaban J connectivity index is 2.59. The first-order chi connectivity index (χ1) is 14.9. The van der Waals surface area contributed by atoms with Gasteiger partial charge in [0, 0.05) is 32.1 Å². The maximum atomic E-state index is 11.6. The number of allylic oxidation sites excluding steroid dienone is 3. The Hall–Kier alpha value is -2.06. The van der Waals surface area contributed by atoms with E-state index in [-0.39, 0.29) is 30.3 Å². The van der Waals surface area contributed by atoms with Crippen molar-refractivity contribution in [1.82, 2.24) is 0 Å². The maximum absolute atomic E-state index is 11.6. The second-order valence-electron chi connectivity index (χ2n) is 8.40. The topological polar surface area (TPSA) is 83.8 Å². The quantitative estimate of drug-likeness (QED) is 0.176. The zero-order valence-electron chi connectivity index (χ0n) is 19.2. The SMILES string of the molecule is CCCCCC#CCC(O)/C=C/C=C/C1CCCCC1C(CCCC(=O)O)OC(C)=O. The van der Waals surface area contributed by atoms with Crippen molar-refractivity contribution in [3.8, 4) is 11.8 Å². The predicted molar refractivity (Wildman–Crippen MR) is 123 cm³/mol. The summed E-state index contributed by atoms with van der Waals surface area (Å²) >= 11 is 0. The largest absolute Gasteiger partial charge is 0.481 e. The van der Waals surface area contributed by atoms with Crippen molar-refractivity contribution in [3.63, 3.8) is 0 Å². The van der Waals surface area contributed by atoms with Gasteiger partial charge in [0.15, 0.2) is 0 Å². The number of ether oxygens (including phenoxy) is 1. The lowest BCUT2D eigenvalue weighted by Gasteiger charge is -2.35. The fraction of sp³-hybridized carbons (Fsp3) is 0.692. The molecule has 0 spiro atoms. The molecule has 5 nitrogen and oxygen atoms in total. The molecule has 0 aromatic carbocycles. The van der Waals surface area contributed by atoms with Gasteiger partial charge in [-0.25, -0.2) is 0 Å². The second-order valence-corrected chi connectivity index (χ2v) is 8.40. The zero-order valence-corrected chi connectivity index (χ0v) is 19.2. The standard InChI is InChI=1S/C26H40O5/c1-3-4-5-6-7-8-16-23(28)17-11-9-14-22-15-10-12-18-24(22)25(31-21(2)27)19-13-20-26(29)30/h9,11,14,17,22-25,28H,3-6,10,12-13,15-16,18-20H2,1-2H3,(H,29,30)/b14-9+,17-11+. The molecular formula is C26H40O5. The highest BCUT2D eigenvalue weighted by molar-refractivity contribution is 5.67. The van der Waals surface area contributed by atoms with E-state index < -0.39 is 12.1 Å². The fourth-order valence-corrected chi connectivity index (χ4v) is 4.11. The Bertz CT molecular complexity index is 640. The van der Waals surface area contributed by atoms with Crippen LogP contribution in [0.5, 0.6) is 0 Å². The van der Waals surface area contributed by atoms with E-state index in [0.717, 1.165) is 38.5 Å². The van der Waals surface area contributed by atoms with Crippen LogP contribution in [0.1, 0.15) is 90.9 Å². The molecular weight excluding hydrogens is 392 g/mol. The minimum absolute atomic E-state index is 0.0904. The molecule has 0 bridgehead atoms. The van der Waals surface area contributed by atoms with Crippen molar-refractivity contribution in [2.24, 2.45) is 11.8 Å². The molecule has 1 saturated carbocycles. The van der Waals surface area contributed by atoms with Crippen molar-refractivity contribution in [1.29, 1.82) is 0 Å². The Morgan fingerprint density at radius 3 is 2.61 bits per heavy atom. The van der Waals surface area contributed by atoms with Crippen LogP contribution in [0.4, 0.5) is 0 Å². The molecule has 0 heterocycles. The van der Waals surface area contributed by atoms with Crippen LogP contribution in [0, 0.1) is 23.7 Å². The van der Waals surface area contributed by atoms with Gasteiger partial charge in [-0.15, -0.1) is 11.8 Å². The molecule has 0 aromatic rings. The van der Waals surface area contributed by atoms with E-state index in [1.165, 1.54) is 19.8 Å². The van der Waals surface area contributed by atoms with E-state index in [0.29, 0.717) is 19.3 Å². The normalized spacial score (nSPS) is 20.9. The van der Waals surface area contributed by atoms with Gasteiger partial charge in [0.05, 0.1) is 6.10 Å². The maximum Gasteiger partial charge on any atom is 0.303 e. The number of esters is 1. The Kier molecular flexibility index (Phi) is 14.5. The number of aliphatic hydroxyl groups excluding tert-OH is 1. The van der Waals surface area contributed by atoms with E-state index in [1.807, 2.05) is 12.2 Å². The van der Waals surface area contributed by atoms with Gasteiger partial charge in [-0.3, -0.25) is 9.59 Å². The van der Waals surface area contributed by atoms with Crippen molar-refractivity contribution in [2.75, 3.05) is 0 Å². The van der Waals surface area contributed by atoms with Gasteiger partial charge in [0.25, 0.3) is 0 Å². The van der Waals surface area contributed by atoms with Crippen LogP contribution < -0.4 is 0 Å². The molecule has 4 atom stereocenters. The van der Waals surface area contributed by atoms with Crippen molar-refractivity contribution < 1.29 is 24.5 Å². The lowest BCUT2D eigenvalue weighted by Crippen LogP contribution is -2.33. The first-order valence-corrected chi connectivity index (χ1v) is 11.8. The number of hydrogen-bond acceptors (Lipinski definition) is 4. The lowest BCUT2D eigenvalue weighted by atomic mass is 9.75. The van der Waals surface area contributed by atoms with E-state index >= 15 is 0 Å². The smallest absolute Gasteiger partial charge is 0.303 e. The first-order valence-electron chi connectivity index (χ1n) is 11.8. The van der Waals surface area contributed by atoms with Gasteiger partial charge in [0.1, 0.15) is 6.10 Å². The van der Waals surface area contributed by atoms with Gasteiger partial charge in [-0.2, -0.15) is 0 Å². The number of carboxylic acids is 1. The number of rotatable bonds is 13. The summed E-state index contributed by atoms with van der Waals surface area (Å²) in [6.45, 7) is 3.58. The molecule has 0 aliphatic heterocycles. The highest BCUT2D eigenvalue weighted by atomic mass is 16.5. The molecule has 174 valence electrons. The average molecular weight is 433 g/mol. The summed E-state index contributed by atoms with van der Waals surface area (Å²) in [6.07, 6.45) is 17.1. The molecule has 0 radical (unpaired) electrons. The predicted octanol–water partition coefficient (Wildman–Crippen LogP) is 5.43. The van der Waals surface area contributed by atoms with Gasteiger partial charge in [-0.05, 0) is 38.0 Å². The fourth-order valence-electron chi connectivity index (χ4n) is 4.11. The molecule has 31 heavy (non-hydrogen) atoms. The molecule has 0 aromatic heterocycles. The van der Waals surface area contributed by atoms with Crippen LogP contribution in [-0.4, -0.2) is 34.4 Å². The minimum atomic E-state index is -0.823. The molecule has 1 fully saturated rings. The number of carbonyl (C=O) groups excluding carboxylic acids is 1. The summed E-state index contributed by atoms with van der Waals surface area (Å²) < 4.78 is 5.59. The van der Waals surface area contributed by atoms with Crippen LogP contribution in [-0.2, 0) is 14.3 Å². The van der Waals surface area contributed by atoms with Crippen LogP contribution in [0.2, 0.25) is 0 Å².